The lowest BCUT2D eigenvalue weighted by atomic mass is 9.84. The summed E-state index contributed by atoms with van der Waals surface area (Å²) in [4.78, 5) is 32.3. The van der Waals surface area contributed by atoms with Crippen LogP contribution in [-0.2, 0) is 4.74 Å². The van der Waals surface area contributed by atoms with Crippen LogP contribution in [0.25, 0.3) is 22.2 Å². The van der Waals surface area contributed by atoms with Crippen molar-refractivity contribution >= 4 is 34.3 Å². The van der Waals surface area contributed by atoms with Gasteiger partial charge in [0.05, 0.1) is 16.8 Å². The molecule has 0 amide bonds. The summed E-state index contributed by atoms with van der Waals surface area (Å²) >= 11 is 6.11. The van der Waals surface area contributed by atoms with Gasteiger partial charge in [-0.05, 0) is 48.6 Å². The molecule has 0 aliphatic heterocycles. The first kappa shape index (κ1) is 26.9. The number of ketones is 1. The summed E-state index contributed by atoms with van der Waals surface area (Å²) in [5.74, 6) is -0.286. The fourth-order valence-corrected chi connectivity index (χ4v) is 5.81. The van der Waals surface area contributed by atoms with E-state index in [1.54, 1.807) is 54.6 Å². The van der Waals surface area contributed by atoms with Crippen LogP contribution in [0.4, 0.5) is 0 Å². The zero-order chi connectivity index (χ0) is 28.2. The Labute approximate surface area is 245 Å². The van der Waals surface area contributed by atoms with Gasteiger partial charge in [0.15, 0.2) is 6.10 Å². The molecule has 1 heterocycles. The second-order valence-electron chi connectivity index (χ2n) is 10.6. The van der Waals surface area contributed by atoms with Gasteiger partial charge in [0.1, 0.15) is 0 Å². The highest BCUT2D eigenvalue weighted by Crippen LogP contribution is 2.34. The molecule has 0 saturated heterocycles. The summed E-state index contributed by atoms with van der Waals surface area (Å²) in [7, 11) is 0. The molecule has 41 heavy (non-hydrogen) atoms. The number of para-hydroxylation sites is 1. The molecule has 0 bridgehead atoms. The fourth-order valence-electron chi connectivity index (χ4n) is 5.69. The van der Waals surface area contributed by atoms with Gasteiger partial charge in [-0.2, -0.15) is 0 Å². The number of hydrogen-bond acceptors (Lipinski definition) is 4. The minimum atomic E-state index is -1.13. The van der Waals surface area contributed by atoms with E-state index in [0.29, 0.717) is 44.2 Å². The van der Waals surface area contributed by atoms with Crippen molar-refractivity contribution in [2.75, 3.05) is 0 Å². The third-order valence-corrected chi connectivity index (χ3v) is 8.17. The molecule has 4 nitrogen and oxygen atoms in total. The van der Waals surface area contributed by atoms with Crippen LogP contribution < -0.4 is 0 Å². The topological polar surface area (TPSA) is 56.3 Å². The number of pyridine rings is 1. The standard InChI is InChI=1S/C36H30ClNO3/c37-29-21-19-28(20-22-29)35(34(39)27-11-5-2-6-12-27)41-36(40)31-23-33(38-32-14-8-7-13-30(31)32)26-17-15-25(16-18-26)24-9-3-1-4-10-24/h2,5-8,11-24,35H,1,3-4,9-10H2/t35-/m0/s1. The number of nitrogens with zero attached hydrogens (tertiary/aromatic N) is 1. The molecule has 1 atom stereocenters. The second-order valence-corrected chi connectivity index (χ2v) is 11.0. The molecule has 6 rings (SSSR count). The van der Waals surface area contributed by atoms with E-state index in [4.69, 9.17) is 21.3 Å². The Morgan fingerprint density at radius 3 is 2.20 bits per heavy atom. The molecule has 0 unspecified atom stereocenters. The third-order valence-electron chi connectivity index (χ3n) is 7.91. The van der Waals surface area contributed by atoms with Gasteiger partial charge < -0.3 is 4.74 Å². The third kappa shape index (κ3) is 5.94. The molecular weight excluding hydrogens is 530 g/mol. The van der Waals surface area contributed by atoms with Crippen LogP contribution in [0.5, 0.6) is 0 Å². The van der Waals surface area contributed by atoms with E-state index in [-0.39, 0.29) is 5.78 Å². The SMILES string of the molecule is O=C(O[C@H](C(=O)c1ccccc1)c1ccc(Cl)cc1)c1cc(-c2ccc(C3CCCCC3)cc2)nc2ccccc12. The number of fused-ring (bicyclic) bond motifs is 1. The number of hydrogen-bond donors (Lipinski definition) is 0. The van der Waals surface area contributed by atoms with E-state index in [0.717, 1.165) is 5.56 Å². The van der Waals surface area contributed by atoms with Crippen LogP contribution in [0.3, 0.4) is 0 Å². The smallest absolute Gasteiger partial charge is 0.339 e. The van der Waals surface area contributed by atoms with Gasteiger partial charge in [0, 0.05) is 27.1 Å². The molecule has 5 heteroatoms. The van der Waals surface area contributed by atoms with Crippen molar-refractivity contribution in [3.8, 4) is 11.3 Å². The maximum atomic E-state index is 13.9. The average Bonchev–Trinajstić information content (AvgIpc) is 3.04. The molecule has 0 N–H and O–H groups in total. The van der Waals surface area contributed by atoms with Crippen LogP contribution in [0.15, 0.2) is 109 Å². The molecule has 204 valence electrons. The highest BCUT2D eigenvalue weighted by molar-refractivity contribution is 6.30. The van der Waals surface area contributed by atoms with Crippen LogP contribution in [0.1, 0.15) is 76.0 Å². The van der Waals surface area contributed by atoms with Crippen molar-refractivity contribution in [1.82, 2.24) is 4.98 Å². The maximum Gasteiger partial charge on any atom is 0.339 e. The monoisotopic (exact) mass is 559 g/mol. The largest absolute Gasteiger partial charge is 0.445 e. The van der Waals surface area contributed by atoms with Gasteiger partial charge in [0.25, 0.3) is 0 Å². The van der Waals surface area contributed by atoms with E-state index in [2.05, 4.69) is 24.3 Å². The summed E-state index contributed by atoms with van der Waals surface area (Å²) in [6.07, 6.45) is 5.24. The van der Waals surface area contributed by atoms with E-state index in [1.165, 1.54) is 37.7 Å². The molecule has 1 aromatic heterocycles. The number of ether oxygens (including phenoxy) is 1. The van der Waals surface area contributed by atoms with Crippen LogP contribution in [0, 0.1) is 0 Å². The quantitative estimate of drug-likeness (QED) is 0.147. The molecule has 4 aromatic carbocycles. The zero-order valence-electron chi connectivity index (χ0n) is 22.6. The van der Waals surface area contributed by atoms with Crippen LogP contribution in [0.2, 0.25) is 5.02 Å². The second kappa shape index (κ2) is 12.1. The van der Waals surface area contributed by atoms with Crippen molar-refractivity contribution in [1.29, 1.82) is 0 Å². The molecule has 1 fully saturated rings. The van der Waals surface area contributed by atoms with Crippen LogP contribution in [-0.4, -0.2) is 16.7 Å². The number of rotatable bonds is 7. The Kier molecular flexibility index (Phi) is 7.93. The number of esters is 1. The average molecular weight is 560 g/mol. The number of aromatic nitrogens is 1. The predicted octanol–water partition coefficient (Wildman–Crippen LogP) is 9.38. The lowest BCUT2D eigenvalue weighted by Crippen LogP contribution is -2.20. The molecule has 0 spiro atoms. The van der Waals surface area contributed by atoms with Crippen molar-refractivity contribution in [2.45, 2.75) is 44.1 Å². The van der Waals surface area contributed by atoms with E-state index >= 15 is 0 Å². The predicted molar refractivity (Wildman–Crippen MR) is 163 cm³/mol. The molecule has 0 radical (unpaired) electrons. The summed E-state index contributed by atoms with van der Waals surface area (Å²) in [5.41, 5.74) is 5.03. The van der Waals surface area contributed by atoms with Gasteiger partial charge in [-0.1, -0.05) is 116 Å². The summed E-state index contributed by atoms with van der Waals surface area (Å²) in [5, 5.41) is 1.20. The molecule has 1 aliphatic carbocycles. The Morgan fingerprint density at radius 1 is 0.780 bits per heavy atom. The summed E-state index contributed by atoms with van der Waals surface area (Å²) in [6.45, 7) is 0. The maximum absolute atomic E-state index is 13.9. The first-order chi connectivity index (χ1) is 20.1. The van der Waals surface area contributed by atoms with E-state index in [1.807, 2.05) is 30.3 Å². The number of carbonyl (C=O) groups is 2. The van der Waals surface area contributed by atoms with Gasteiger partial charge in [-0.15, -0.1) is 0 Å². The Balaban J connectivity index is 1.36. The molecule has 1 aliphatic rings. The van der Waals surface area contributed by atoms with E-state index < -0.39 is 12.1 Å². The lowest BCUT2D eigenvalue weighted by molar-refractivity contribution is 0.0282. The number of carbonyl (C=O) groups excluding carboxylic acids is 2. The Morgan fingerprint density at radius 2 is 1.46 bits per heavy atom. The minimum absolute atomic E-state index is 0.307. The summed E-state index contributed by atoms with van der Waals surface area (Å²) < 4.78 is 6.02. The fraction of sp³-hybridized carbons (Fsp3) is 0.194. The van der Waals surface area contributed by atoms with Gasteiger partial charge in [-0.3, -0.25) is 4.79 Å². The number of Topliss-reactive ketones (excluding diaryl/α,β-unsaturated/α-hetero) is 1. The molecule has 5 aromatic rings. The first-order valence-corrected chi connectivity index (χ1v) is 14.5. The summed E-state index contributed by atoms with van der Waals surface area (Å²) in [6, 6.07) is 33.5. The first-order valence-electron chi connectivity index (χ1n) is 14.1. The molecule has 1 saturated carbocycles. The normalized spacial score (nSPS) is 14.5. The van der Waals surface area contributed by atoms with Gasteiger partial charge in [-0.25, -0.2) is 9.78 Å². The highest BCUT2D eigenvalue weighted by Gasteiger charge is 2.28. The van der Waals surface area contributed by atoms with Gasteiger partial charge >= 0.3 is 5.97 Å². The Bertz CT molecular complexity index is 1670. The zero-order valence-corrected chi connectivity index (χ0v) is 23.4. The highest BCUT2D eigenvalue weighted by atomic mass is 35.5. The Hall–Kier alpha value is -4.28. The van der Waals surface area contributed by atoms with Crippen molar-refractivity contribution in [3.63, 3.8) is 0 Å². The van der Waals surface area contributed by atoms with Gasteiger partial charge in [0.2, 0.25) is 5.78 Å². The van der Waals surface area contributed by atoms with Crippen molar-refractivity contribution in [2.24, 2.45) is 0 Å². The van der Waals surface area contributed by atoms with Crippen molar-refractivity contribution in [3.05, 3.63) is 136 Å². The van der Waals surface area contributed by atoms with Crippen molar-refractivity contribution < 1.29 is 14.3 Å². The van der Waals surface area contributed by atoms with E-state index in [9.17, 15) is 9.59 Å². The molecular formula is C36H30ClNO3. The lowest BCUT2D eigenvalue weighted by Gasteiger charge is -2.22. The number of benzene rings is 4. The number of halogens is 1. The minimum Gasteiger partial charge on any atom is -0.445 e. The van der Waals surface area contributed by atoms with Crippen LogP contribution >= 0.6 is 11.6 Å².